The van der Waals surface area contributed by atoms with Crippen LogP contribution in [-0.2, 0) is 23.8 Å². The lowest BCUT2D eigenvalue weighted by Gasteiger charge is -2.20. The first-order chi connectivity index (χ1) is 31.1. The molecule has 358 valence electrons. The van der Waals surface area contributed by atoms with Crippen LogP contribution in [0.3, 0.4) is 0 Å². The number of esters is 2. The first-order valence-electron chi connectivity index (χ1n) is 25.6. The molecule has 6 heterocycles. The average molecular weight is 895 g/mol. The molecule has 7 rings (SSSR count). The second kappa shape index (κ2) is 21.3. The summed E-state index contributed by atoms with van der Waals surface area (Å²) in [5, 5.41) is 11.4. The summed E-state index contributed by atoms with van der Waals surface area (Å²) in [5.41, 5.74) is 9.87. The van der Waals surface area contributed by atoms with Crippen molar-refractivity contribution < 1.29 is 28.6 Å². The maximum Gasteiger partial charge on any atom is 0.321 e. The van der Waals surface area contributed by atoms with Gasteiger partial charge in [-0.15, -0.1) is 0 Å². The molecule has 4 N–H and O–H groups in total. The van der Waals surface area contributed by atoms with E-state index < -0.39 is 11.9 Å². The Kier molecular flexibility index (Phi) is 16.0. The largest absolute Gasteiger partial charge is 0.468 e. The summed E-state index contributed by atoms with van der Waals surface area (Å²) in [6.45, 7) is 23.8. The zero-order chi connectivity index (χ0) is 46.7. The van der Waals surface area contributed by atoms with Gasteiger partial charge in [-0.1, -0.05) is 113 Å². The average Bonchev–Trinajstić information content (AvgIpc) is 3.64. The number of methoxy groups -OCH3 is 1. The van der Waals surface area contributed by atoms with Crippen LogP contribution in [0, 0.1) is 66.1 Å². The maximum absolute atomic E-state index is 14.5. The van der Waals surface area contributed by atoms with Gasteiger partial charge in [0.25, 0.3) is 0 Å². The van der Waals surface area contributed by atoms with Crippen molar-refractivity contribution in [3.63, 3.8) is 0 Å². The molecule has 8 bridgehead atoms. The number of carbonyl (C=O) groups excluding carboxylic acids is 3. The molecular formula is C55H82N4O6. The third-order valence-electron chi connectivity index (χ3n) is 16.2. The van der Waals surface area contributed by atoms with Crippen LogP contribution in [0.1, 0.15) is 173 Å². The summed E-state index contributed by atoms with van der Waals surface area (Å²) >= 11 is 0. The van der Waals surface area contributed by atoms with Crippen molar-refractivity contribution in [3.8, 4) is 0 Å². The maximum atomic E-state index is 14.5. The number of hydrogen-bond donors (Lipinski definition) is 4. The predicted molar refractivity (Wildman–Crippen MR) is 260 cm³/mol. The molecule has 10 nitrogen and oxygen atoms in total. The summed E-state index contributed by atoms with van der Waals surface area (Å²) in [4.78, 5) is 45.3. The van der Waals surface area contributed by atoms with Gasteiger partial charge in [0.2, 0.25) is 0 Å². The van der Waals surface area contributed by atoms with Crippen molar-refractivity contribution in [2.24, 2.45) is 59.2 Å². The predicted octanol–water partition coefficient (Wildman–Crippen LogP) is 11.3. The Balaban J connectivity index is 1.06. The smallest absolute Gasteiger partial charge is 0.321 e. The molecule has 10 heteroatoms. The van der Waals surface area contributed by atoms with Gasteiger partial charge in [-0.3, -0.25) is 14.4 Å². The molecule has 1 aliphatic carbocycles. The van der Waals surface area contributed by atoms with Gasteiger partial charge >= 0.3 is 11.9 Å². The van der Waals surface area contributed by atoms with Gasteiger partial charge in [-0.25, -0.2) is 0 Å². The Labute approximate surface area is 390 Å². The third-order valence-corrected chi connectivity index (χ3v) is 16.2. The molecule has 3 fully saturated rings. The van der Waals surface area contributed by atoms with E-state index in [2.05, 4.69) is 101 Å². The topological polar surface area (TPSA) is 134 Å². The van der Waals surface area contributed by atoms with Crippen molar-refractivity contribution >= 4 is 29.4 Å². The van der Waals surface area contributed by atoms with Crippen LogP contribution in [0.5, 0.6) is 0 Å². The zero-order valence-corrected chi connectivity index (χ0v) is 41.7. The van der Waals surface area contributed by atoms with Gasteiger partial charge in [0.05, 0.1) is 38.2 Å². The van der Waals surface area contributed by atoms with E-state index in [9.17, 15) is 14.4 Å². The monoisotopic (exact) mass is 895 g/mol. The number of allylic oxidation sites excluding steroid dienone is 5. The minimum atomic E-state index is -1.12. The van der Waals surface area contributed by atoms with Crippen molar-refractivity contribution in [3.05, 3.63) is 68.7 Å². The highest BCUT2D eigenvalue weighted by Crippen LogP contribution is 2.49. The lowest BCUT2D eigenvalue weighted by atomic mass is 9.85. The standard InChI is InChI=1S/C55H82N4O6/c1-12-38-34(7)40-28-45-48(46-29-65-46)36(9)42(57-45)26-41-35(8)39(52(58-41)50-51(55(62)63-11)54(61)49-37(10)43(59-53(49)50)27-44(38)56-40)22-23-47(60)64-25-24-33(6)21-15-20-32(5)19-14-18-31(4)17-13-16-30(2)3/h26-28,30-35,38-39,45-46,48,51,56-59H,12-25,29H2,1-11H3/b40-28-,41-26-,44-27-,52-50-. The van der Waals surface area contributed by atoms with Crippen molar-refractivity contribution in [1.82, 2.24) is 20.9 Å². The number of ether oxygens (including phenoxy) is 3. The van der Waals surface area contributed by atoms with E-state index >= 15 is 0 Å². The van der Waals surface area contributed by atoms with E-state index in [1.165, 1.54) is 69.7 Å². The molecule has 11 unspecified atom stereocenters. The van der Waals surface area contributed by atoms with Crippen LogP contribution >= 0.6 is 0 Å². The summed E-state index contributed by atoms with van der Waals surface area (Å²) in [6.07, 6.45) is 21.1. The highest BCUT2D eigenvalue weighted by molar-refractivity contribution is 6.24. The fourth-order valence-electron chi connectivity index (χ4n) is 11.8. The van der Waals surface area contributed by atoms with Crippen LogP contribution in [-0.4, -0.2) is 55.2 Å². The lowest BCUT2D eigenvalue weighted by molar-refractivity contribution is -0.144. The Morgan fingerprint density at radius 3 is 2.08 bits per heavy atom. The highest BCUT2D eigenvalue weighted by atomic mass is 16.6. The molecule has 0 radical (unpaired) electrons. The number of rotatable bonds is 21. The Morgan fingerprint density at radius 2 is 1.46 bits per heavy atom. The number of hydrogen-bond acceptors (Lipinski definition) is 9. The SMILES string of the molecule is CCC1/C2=C/c3[nH]c4c(c3C)C(=O)C(C(=O)OC)/C4=C3/N/C(=C\C4=C(C)C(C5CO5)C(/C=C(\N2)C1C)N4)C(C)C3CCC(=O)OCCC(C)CCCC(C)CCCC(C)CCCC(C)C. The molecule has 0 aromatic carbocycles. The van der Waals surface area contributed by atoms with E-state index in [4.69, 9.17) is 14.2 Å². The van der Waals surface area contributed by atoms with E-state index in [1.54, 1.807) is 0 Å². The number of Topliss-reactive ketones (excluding diaryl/α,β-unsaturated/α-hetero) is 1. The quantitative estimate of drug-likeness (QED) is 0.0540. The van der Waals surface area contributed by atoms with Gasteiger partial charge in [0, 0.05) is 81.3 Å². The Morgan fingerprint density at radius 1 is 0.831 bits per heavy atom. The number of aromatic amines is 1. The molecule has 0 saturated carbocycles. The van der Waals surface area contributed by atoms with E-state index in [-0.39, 0.29) is 59.9 Å². The molecule has 5 aliphatic heterocycles. The molecule has 3 saturated heterocycles. The first-order valence-corrected chi connectivity index (χ1v) is 25.6. The van der Waals surface area contributed by atoms with E-state index in [0.717, 1.165) is 77.7 Å². The Hall–Kier alpha value is -4.05. The molecule has 0 amide bonds. The molecule has 0 spiro atoms. The number of nitrogens with one attached hydrogen (secondary N) is 4. The Bertz CT molecular complexity index is 2080. The lowest BCUT2D eigenvalue weighted by Crippen LogP contribution is -2.31. The zero-order valence-electron chi connectivity index (χ0n) is 41.7. The molecule has 1 aromatic heterocycles. The summed E-state index contributed by atoms with van der Waals surface area (Å²) in [6, 6.07) is 0.0573. The van der Waals surface area contributed by atoms with Gasteiger partial charge in [-0.2, -0.15) is 0 Å². The normalized spacial score (nSPS) is 31.6. The molecule has 6 aliphatic rings. The second-order valence-electron chi connectivity index (χ2n) is 21.5. The number of carbonyl (C=O) groups is 3. The summed E-state index contributed by atoms with van der Waals surface area (Å²) < 4.78 is 17.2. The first kappa shape index (κ1) is 48.9. The van der Waals surface area contributed by atoms with Crippen molar-refractivity contribution in [2.45, 2.75) is 165 Å². The van der Waals surface area contributed by atoms with Crippen LogP contribution < -0.4 is 16.0 Å². The number of epoxide rings is 1. The highest BCUT2D eigenvalue weighted by Gasteiger charge is 2.50. The van der Waals surface area contributed by atoms with Gasteiger partial charge < -0.3 is 35.1 Å². The van der Waals surface area contributed by atoms with Crippen LogP contribution in [0.15, 0.2) is 46.2 Å². The van der Waals surface area contributed by atoms with Gasteiger partial charge in [-0.05, 0) is 86.1 Å². The van der Waals surface area contributed by atoms with Crippen molar-refractivity contribution in [1.29, 1.82) is 0 Å². The minimum Gasteiger partial charge on any atom is -0.468 e. The fourth-order valence-corrected chi connectivity index (χ4v) is 11.8. The van der Waals surface area contributed by atoms with Crippen molar-refractivity contribution in [2.75, 3.05) is 20.3 Å². The molecule has 65 heavy (non-hydrogen) atoms. The second-order valence-corrected chi connectivity index (χ2v) is 21.5. The van der Waals surface area contributed by atoms with E-state index in [1.807, 2.05) is 6.92 Å². The number of H-pyrrole nitrogens is 1. The van der Waals surface area contributed by atoms with Crippen LogP contribution in [0.4, 0.5) is 0 Å². The van der Waals surface area contributed by atoms with E-state index in [0.29, 0.717) is 35.8 Å². The fraction of sp³-hybridized carbons (Fsp3) is 0.691. The number of aromatic nitrogens is 1. The van der Waals surface area contributed by atoms with Gasteiger partial charge in [0.1, 0.15) is 5.92 Å². The molecular weight excluding hydrogens is 813 g/mol. The number of fused-ring (bicyclic) bond motifs is 7. The summed E-state index contributed by atoms with van der Waals surface area (Å²) in [7, 11) is 1.34. The molecule has 1 aromatic rings. The van der Waals surface area contributed by atoms with Crippen LogP contribution in [0.25, 0.3) is 11.6 Å². The van der Waals surface area contributed by atoms with Crippen LogP contribution in [0.2, 0.25) is 0 Å². The van der Waals surface area contributed by atoms with Gasteiger partial charge in [0.15, 0.2) is 5.78 Å². The summed E-state index contributed by atoms with van der Waals surface area (Å²) in [5.74, 6) is 1.23. The minimum absolute atomic E-state index is 0.0465. The third kappa shape index (κ3) is 10.9. The molecule has 11 atom stereocenters. The number of ketones is 1.